The van der Waals surface area contributed by atoms with Crippen LogP contribution in [0.2, 0.25) is 0 Å². The van der Waals surface area contributed by atoms with Gasteiger partial charge in [-0.05, 0) is 36.8 Å². The van der Waals surface area contributed by atoms with E-state index in [0.29, 0.717) is 12.1 Å². The third-order valence-electron chi connectivity index (χ3n) is 3.55. The van der Waals surface area contributed by atoms with Gasteiger partial charge in [-0.1, -0.05) is 30.3 Å². The van der Waals surface area contributed by atoms with Crippen molar-refractivity contribution in [3.8, 4) is 11.8 Å². The molecule has 4 nitrogen and oxygen atoms in total. The molecular weight excluding hydrogens is 272 g/mol. The van der Waals surface area contributed by atoms with E-state index in [4.69, 9.17) is 5.26 Å². The van der Waals surface area contributed by atoms with Crippen molar-refractivity contribution in [3.63, 3.8) is 0 Å². The summed E-state index contributed by atoms with van der Waals surface area (Å²) in [6.07, 6.45) is 1.83. The molecule has 1 heterocycles. The summed E-state index contributed by atoms with van der Waals surface area (Å²) in [6.45, 7) is 2.70. The number of rotatable bonds is 4. The number of para-hydroxylation sites is 1. The van der Waals surface area contributed by atoms with Gasteiger partial charge in [-0.2, -0.15) is 10.4 Å². The Balaban J connectivity index is 1.77. The second kappa shape index (κ2) is 6.15. The van der Waals surface area contributed by atoms with Gasteiger partial charge in [0.05, 0.1) is 34.9 Å². The number of hydrogen-bond acceptors (Lipinski definition) is 3. The van der Waals surface area contributed by atoms with Gasteiger partial charge in [0.1, 0.15) is 0 Å². The lowest BCUT2D eigenvalue weighted by molar-refractivity contribution is 0.847. The molecule has 0 aliphatic heterocycles. The second-order valence-electron chi connectivity index (χ2n) is 5.06. The fourth-order valence-electron chi connectivity index (χ4n) is 2.36. The van der Waals surface area contributed by atoms with Crippen LogP contribution in [0.15, 0.2) is 60.8 Å². The smallest absolute Gasteiger partial charge is 0.0991 e. The van der Waals surface area contributed by atoms with Crippen LogP contribution < -0.4 is 5.32 Å². The van der Waals surface area contributed by atoms with E-state index in [1.165, 1.54) is 0 Å². The summed E-state index contributed by atoms with van der Waals surface area (Å²) >= 11 is 0. The monoisotopic (exact) mass is 288 g/mol. The molecule has 3 aromatic rings. The minimum atomic E-state index is 0.664. The fraction of sp³-hybridized carbons (Fsp3) is 0.111. The molecule has 0 atom stereocenters. The lowest BCUT2D eigenvalue weighted by atomic mass is 10.1. The third-order valence-corrected chi connectivity index (χ3v) is 3.55. The summed E-state index contributed by atoms with van der Waals surface area (Å²) < 4.78 is 1.91. The molecule has 1 aromatic heterocycles. The van der Waals surface area contributed by atoms with E-state index in [1.54, 1.807) is 0 Å². The van der Waals surface area contributed by atoms with Crippen LogP contribution in [0.5, 0.6) is 0 Å². The number of nitrogens with zero attached hydrogens (tertiary/aromatic N) is 3. The van der Waals surface area contributed by atoms with Crippen LogP contribution in [0, 0.1) is 18.3 Å². The van der Waals surface area contributed by atoms with E-state index in [0.717, 1.165) is 22.6 Å². The zero-order valence-corrected chi connectivity index (χ0v) is 12.3. The molecule has 4 heteroatoms. The van der Waals surface area contributed by atoms with Crippen molar-refractivity contribution < 1.29 is 0 Å². The van der Waals surface area contributed by atoms with Crippen LogP contribution in [0.3, 0.4) is 0 Å². The molecule has 1 N–H and O–H groups in total. The summed E-state index contributed by atoms with van der Waals surface area (Å²) in [4.78, 5) is 0. The molecule has 0 unspecified atom stereocenters. The van der Waals surface area contributed by atoms with E-state index < -0.39 is 0 Å². The van der Waals surface area contributed by atoms with Crippen molar-refractivity contribution in [1.82, 2.24) is 9.78 Å². The standard InChI is InChI=1S/C18H16N4/c1-14-18(13-21-22(14)17-8-3-2-4-9-17)20-12-16-7-5-6-15(10-16)11-19/h2-10,13,20H,12H2,1H3. The van der Waals surface area contributed by atoms with Crippen molar-refractivity contribution in [2.24, 2.45) is 0 Å². The second-order valence-corrected chi connectivity index (χ2v) is 5.06. The molecule has 2 aromatic carbocycles. The lowest BCUT2D eigenvalue weighted by Crippen LogP contribution is -2.02. The van der Waals surface area contributed by atoms with E-state index in [9.17, 15) is 0 Å². The predicted molar refractivity (Wildman–Crippen MR) is 86.8 cm³/mol. The molecule has 0 fully saturated rings. The molecule has 0 radical (unpaired) electrons. The van der Waals surface area contributed by atoms with Gasteiger partial charge < -0.3 is 5.32 Å². The average Bonchev–Trinajstić information content (AvgIpc) is 2.95. The molecule has 3 rings (SSSR count). The van der Waals surface area contributed by atoms with Crippen molar-refractivity contribution >= 4 is 5.69 Å². The van der Waals surface area contributed by atoms with Crippen molar-refractivity contribution in [2.45, 2.75) is 13.5 Å². The summed E-state index contributed by atoms with van der Waals surface area (Å²) in [6, 6.07) is 19.8. The number of hydrogen-bond donors (Lipinski definition) is 1. The third kappa shape index (κ3) is 2.84. The van der Waals surface area contributed by atoms with Crippen molar-refractivity contribution in [1.29, 1.82) is 5.26 Å². The number of nitrogens with one attached hydrogen (secondary N) is 1. The lowest BCUT2D eigenvalue weighted by Gasteiger charge is -2.08. The number of anilines is 1. The molecule has 0 spiro atoms. The van der Waals surface area contributed by atoms with Gasteiger partial charge in [-0.25, -0.2) is 4.68 Å². The Kier molecular flexibility index (Phi) is 3.88. The normalized spacial score (nSPS) is 10.2. The highest BCUT2D eigenvalue weighted by Gasteiger charge is 2.07. The van der Waals surface area contributed by atoms with Gasteiger partial charge in [0.2, 0.25) is 0 Å². The first-order valence-corrected chi connectivity index (χ1v) is 7.11. The molecule has 0 amide bonds. The Hall–Kier alpha value is -3.06. The fourth-order valence-corrected chi connectivity index (χ4v) is 2.36. The maximum absolute atomic E-state index is 8.94. The first kappa shape index (κ1) is 13.9. The number of aromatic nitrogens is 2. The van der Waals surface area contributed by atoms with Crippen LogP contribution >= 0.6 is 0 Å². The quantitative estimate of drug-likeness (QED) is 0.797. The van der Waals surface area contributed by atoms with Crippen LogP contribution in [-0.2, 0) is 6.54 Å². The minimum Gasteiger partial charge on any atom is -0.378 e. The molecular formula is C18H16N4. The summed E-state index contributed by atoms with van der Waals surface area (Å²) in [7, 11) is 0. The van der Waals surface area contributed by atoms with Crippen LogP contribution in [0.4, 0.5) is 5.69 Å². The largest absolute Gasteiger partial charge is 0.378 e. The van der Waals surface area contributed by atoms with Crippen molar-refractivity contribution in [2.75, 3.05) is 5.32 Å². The van der Waals surface area contributed by atoms with Crippen LogP contribution in [0.1, 0.15) is 16.8 Å². The predicted octanol–water partition coefficient (Wildman–Crippen LogP) is 3.66. The molecule has 0 saturated heterocycles. The molecule has 22 heavy (non-hydrogen) atoms. The van der Waals surface area contributed by atoms with E-state index in [1.807, 2.05) is 72.4 Å². The average molecular weight is 288 g/mol. The van der Waals surface area contributed by atoms with E-state index in [-0.39, 0.29) is 0 Å². The maximum Gasteiger partial charge on any atom is 0.0991 e. The van der Waals surface area contributed by atoms with Crippen LogP contribution in [0.25, 0.3) is 5.69 Å². The zero-order valence-electron chi connectivity index (χ0n) is 12.3. The number of nitriles is 1. The Morgan fingerprint density at radius 1 is 1.14 bits per heavy atom. The SMILES string of the molecule is Cc1c(NCc2cccc(C#N)c2)cnn1-c1ccccc1. The van der Waals surface area contributed by atoms with Gasteiger partial charge in [0.25, 0.3) is 0 Å². The molecule has 0 saturated carbocycles. The summed E-state index contributed by atoms with van der Waals surface area (Å²) in [5.74, 6) is 0. The highest BCUT2D eigenvalue weighted by Crippen LogP contribution is 2.19. The van der Waals surface area contributed by atoms with Gasteiger partial charge >= 0.3 is 0 Å². The van der Waals surface area contributed by atoms with Gasteiger partial charge in [0.15, 0.2) is 0 Å². The Morgan fingerprint density at radius 2 is 1.95 bits per heavy atom. The molecule has 0 bridgehead atoms. The molecule has 0 aliphatic rings. The summed E-state index contributed by atoms with van der Waals surface area (Å²) in [5, 5.41) is 16.7. The zero-order chi connectivity index (χ0) is 15.4. The van der Waals surface area contributed by atoms with E-state index in [2.05, 4.69) is 16.5 Å². The molecule has 0 aliphatic carbocycles. The summed E-state index contributed by atoms with van der Waals surface area (Å²) in [5.41, 5.74) is 4.84. The highest BCUT2D eigenvalue weighted by molar-refractivity contribution is 5.50. The Bertz CT molecular complexity index is 813. The van der Waals surface area contributed by atoms with Gasteiger partial charge in [-0.15, -0.1) is 0 Å². The first-order chi connectivity index (χ1) is 10.8. The number of benzene rings is 2. The maximum atomic E-state index is 8.94. The molecule has 108 valence electrons. The Morgan fingerprint density at radius 3 is 2.73 bits per heavy atom. The van der Waals surface area contributed by atoms with Crippen LogP contribution in [-0.4, -0.2) is 9.78 Å². The van der Waals surface area contributed by atoms with Crippen molar-refractivity contribution in [3.05, 3.63) is 77.6 Å². The Labute approximate surface area is 129 Å². The van der Waals surface area contributed by atoms with Gasteiger partial charge in [-0.3, -0.25) is 0 Å². The first-order valence-electron chi connectivity index (χ1n) is 7.11. The van der Waals surface area contributed by atoms with E-state index >= 15 is 0 Å². The minimum absolute atomic E-state index is 0.664. The topological polar surface area (TPSA) is 53.6 Å². The highest BCUT2D eigenvalue weighted by atomic mass is 15.3. The van der Waals surface area contributed by atoms with Gasteiger partial charge in [0, 0.05) is 6.54 Å².